The fourth-order valence-corrected chi connectivity index (χ4v) is 1.77. The van der Waals surface area contributed by atoms with Crippen molar-refractivity contribution in [2.45, 2.75) is 6.92 Å². The van der Waals surface area contributed by atoms with Crippen LogP contribution in [0, 0.1) is 6.92 Å². The molecule has 5 nitrogen and oxygen atoms in total. The molecular formula is C10H12BrN5. The number of halogens is 1. The molecule has 0 bridgehead atoms. The van der Waals surface area contributed by atoms with Crippen molar-refractivity contribution in [2.24, 2.45) is 7.05 Å². The van der Waals surface area contributed by atoms with Crippen LogP contribution in [0.25, 0.3) is 11.4 Å². The molecule has 2 heterocycles. The minimum absolute atomic E-state index is 0.679. The summed E-state index contributed by atoms with van der Waals surface area (Å²) in [5.74, 6) is 1.46. The summed E-state index contributed by atoms with van der Waals surface area (Å²) in [6.45, 7) is 1.94. The summed E-state index contributed by atoms with van der Waals surface area (Å²) in [4.78, 5) is 8.83. The maximum atomic E-state index is 4.41. The Balaban J connectivity index is 2.54. The number of hydrogen-bond acceptors (Lipinski definition) is 4. The Morgan fingerprint density at radius 2 is 2.12 bits per heavy atom. The van der Waals surface area contributed by atoms with Gasteiger partial charge < -0.3 is 5.32 Å². The molecule has 16 heavy (non-hydrogen) atoms. The number of nitrogens with zero attached hydrogens (tertiary/aromatic N) is 4. The van der Waals surface area contributed by atoms with Gasteiger partial charge in [0, 0.05) is 20.3 Å². The Kier molecular flexibility index (Phi) is 2.91. The Hall–Kier alpha value is -1.43. The van der Waals surface area contributed by atoms with Crippen LogP contribution in [0.4, 0.5) is 5.82 Å². The molecule has 0 atom stereocenters. The van der Waals surface area contributed by atoms with Crippen LogP contribution in [-0.2, 0) is 7.05 Å². The zero-order valence-corrected chi connectivity index (χ0v) is 10.9. The topological polar surface area (TPSA) is 55.6 Å². The molecule has 0 aliphatic heterocycles. The van der Waals surface area contributed by atoms with Crippen molar-refractivity contribution in [2.75, 3.05) is 12.4 Å². The number of nitrogens with one attached hydrogen (secondary N) is 1. The highest BCUT2D eigenvalue weighted by Crippen LogP contribution is 2.25. The van der Waals surface area contributed by atoms with Crippen LogP contribution < -0.4 is 5.32 Å². The first-order valence-electron chi connectivity index (χ1n) is 4.82. The second-order valence-electron chi connectivity index (χ2n) is 3.45. The third kappa shape index (κ3) is 1.92. The molecule has 0 amide bonds. The van der Waals surface area contributed by atoms with Gasteiger partial charge in [-0.3, -0.25) is 4.68 Å². The van der Waals surface area contributed by atoms with Gasteiger partial charge >= 0.3 is 0 Å². The van der Waals surface area contributed by atoms with E-state index in [2.05, 4.69) is 36.3 Å². The van der Waals surface area contributed by atoms with Crippen LogP contribution in [0.3, 0.4) is 0 Å². The molecule has 0 spiro atoms. The lowest BCUT2D eigenvalue weighted by Crippen LogP contribution is -2.00. The van der Waals surface area contributed by atoms with Crippen molar-refractivity contribution in [3.63, 3.8) is 0 Å². The van der Waals surface area contributed by atoms with E-state index in [1.165, 1.54) is 0 Å². The monoisotopic (exact) mass is 281 g/mol. The van der Waals surface area contributed by atoms with E-state index in [0.717, 1.165) is 21.5 Å². The summed E-state index contributed by atoms with van der Waals surface area (Å²) in [6.07, 6.45) is 3.64. The van der Waals surface area contributed by atoms with Crippen LogP contribution >= 0.6 is 15.9 Å². The van der Waals surface area contributed by atoms with Crippen LogP contribution in [0.2, 0.25) is 0 Å². The summed E-state index contributed by atoms with van der Waals surface area (Å²) in [5.41, 5.74) is 1.81. The molecule has 1 N–H and O–H groups in total. The predicted molar refractivity (Wildman–Crippen MR) is 66.2 cm³/mol. The lowest BCUT2D eigenvalue weighted by atomic mass is 10.3. The van der Waals surface area contributed by atoms with Gasteiger partial charge in [0.25, 0.3) is 0 Å². The largest absolute Gasteiger partial charge is 0.372 e. The van der Waals surface area contributed by atoms with Crippen molar-refractivity contribution in [3.8, 4) is 11.4 Å². The zero-order valence-electron chi connectivity index (χ0n) is 9.32. The van der Waals surface area contributed by atoms with Gasteiger partial charge in [-0.15, -0.1) is 0 Å². The quantitative estimate of drug-likeness (QED) is 0.915. The molecule has 0 radical (unpaired) electrons. The normalized spacial score (nSPS) is 10.5. The fraction of sp³-hybridized carbons (Fsp3) is 0.300. The lowest BCUT2D eigenvalue weighted by Gasteiger charge is -2.07. The van der Waals surface area contributed by atoms with Crippen molar-refractivity contribution >= 4 is 21.7 Å². The van der Waals surface area contributed by atoms with Gasteiger partial charge in [0.1, 0.15) is 5.82 Å². The Morgan fingerprint density at radius 1 is 1.38 bits per heavy atom. The average Bonchev–Trinajstić information content (AvgIpc) is 2.69. The van der Waals surface area contributed by atoms with Crippen molar-refractivity contribution < 1.29 is 0 Å². The third-order valence-electron chi connectivity index (χ3n) is 2.22. The molecule has 0 saturated carbocycles. The molecule has 84 valence electrons. The highest BCUT2D eigenvalue weighted by Gasteiger charge is 2.10. The second kappa shape index (κ2) is 4.21. The van der Waals surface area contributed by atoms with E-state index in [4.69, 9.17) is 0 Å². The number of hydrogen-bond donors (Lipinski definition) is 1. The van der Waals surface area contributed by atoms with Crippen LogP contribution in [0.15, 0.2) is 16.9 Å². The van der Waals surface area contributed by atoms with E-state index >= 15 is 0 Å². The lowest BCUT2D eigenvalue weighted by molar-refractivity contribution is 0.768. The Morgan fingerprint density at radius 3 is 2.69 bits per heavy atom. The minimum atomic E-state index is 0.679. The molecule has 0 aliphatic carbocycles. The van der Waals surface area contributed by atoms with Crippen molar-refractivity contribution in [1.82, 2.24) is 19.7 Å². The van der Waals surface area contributed by atoms with E-state index in [1.807, 2.05) is 27.2 Å². The maximum absolute atomic E-state index is 4.41. The third-order valence-corrected chi connectivity index (χ3v) is 3.17. The average molecular weight is 282 g/mol. The van der Waals surface area contributed by atoms with E-state index < -0.39 is 0 Å². The Labute approximate surface area is 102 Å². The fourth-order valence-electron chi connectivity index (χ4n) is 1.39. The Bertz CT molecular complexity index is 520. The number of anilines is 1. The molecule has 2 rings (SSSR count). The van der Waals surface area contributed by atoms with E-state index in [0.29, 0.717) is 5.82 Å². The summed E-state index contributed by atoms with van der Waals surface area (Å²) in [7, 11) is 3.70. The number of aromatic nitrogens is 4. The van der Waals surface area contributed by atoms with Gasteiger partial charge in [0.15, 0.2) is 5.82 Å². The number of rotatable bonds is 2. The van der Waals surface area contributed by atoms with Gasteiger partial charge in [-0.2, -0.15) is 5.10 Å². The molecule has 2 aromatic rings. The van der Waals surface area contributed by atoms with Gasteiger partial charge in [-0.25, -0.2) is 9.97 Å². The molecule has 0 aromatic carbocycles. The molecule has 2 aromatic heterocycles. The van der Waals surface area contributed by atoms with E-state index in [9.17, 15) is 0 Å². The standard InChI is InChI=1S/C10H12BrN5/c1-6-8(11)10(12-2)15-9(14-6)7-4-13-16(3)5-7/h4-5H,1-3H3,(H,12,14,15). The van der Waals surface area contributed by atoms with Crippen molar-refractivity contribution in [3.05, 3.63) is 22.6 Å². The van der Waals surface area contributed by atoms with Gasteiger partial charge in [-0.1, -0.05) is 0 Å². The molecule has 0 aliphatic rings. The van der Waals surface area contributed by atoms with E-state index in [-0.39, 0.29) is 0 Å². The molecule has 6 heteroatoms. The minimum Gasteiger partial charge on any atom is -0.372 e. The summed E-state index contributed by atoms with van der Waals surface area (Å²) < 4.78 is 2.62. The molecule has 0 fully saturated rings. The summed E-state index contributed by atoms with van der Waals surface area (Å²) in [6, 6.07) is 0. The first kappa shape index (κ1) is 11.1. The summed E-state index contributed by atoms with van der Waals surface area (Å²) in [5, 5.41) is 7.13. The smallest absolute Gasteiger partial charge is 0.165 e. The molecule has 0 saturated heterocycles. The van der Waals surface area contributed by atoms with Crippen LogP contribution in [0.5, 0.6) is 0 Å². The zero-order chi connectivity index (χ0) is 11.7. The van der Waals surface area contributed by atoms with Gasteiger partial charge in [0.05, 0.1) is 21.9 Å². The highest BCUT2D eigenvalue weighted by atomic mass is 79.9. The van der Waals surface area contributed by atoms with Crippen LogP contribution in [0.1, 0.15) is 5.69 Å². The van der Waals surface area contributed by atoms with Gasteiger partial charge in [-0.05, 0) is 22.9 Å². The molecule has 0 unspecified atom stereocenters. The highest BCUT2D eigenvalue weighted by molar-refractivity contribution is 9.10. The van der Waals surface area contributed by atoms with Crippen LogP contribution in [-0.4, -0.2) is 26.8 Å². The summed E-state index contributed by atoms with van der Waals surface area (Å²) >= 11 is 3.44. The van der Waals surface area contributed by atoms with E-state index in [1.54, 1.807) is 10.9 Å². The predicted octanol–water partition coefficient (Wildman–Crippen LogP) is 1.99. The second-order valence-corrected chi connectivity index (χ2v) is 4.24. The first-order valence-corrected chi connectivity index (χ1v) is 5.62. The maximum Gasteiger partial charge on any atom is 0.165 e. The number of aryl methyl sites for hydroxylation is 2. The molecular weight excluding hydrogens is 270 g/mol. The van der Waals surface area contributed by atoms with Gasteiger partial charge in [0.2, 0.25) is 0 Å². The first-order chi connectivity index (χ1) is 7.61. The van der Waals surface area contributed by atoms with Crippen molar-refractivity contribution in [1.29, 1.82) is 0 Å². The SMILES string of the molecule is CNc1nc(-c2cnn(C)c2)nc(C)c1Br.